The number of ether oxygens (including phenoxy) is 1. The average molecular weight is 469 g/mol. The number of methoxy groups -OCH3 is 1. The van der Waals surface area contributed by atoms with Gasteiger partial charge in [0.2, 0.25) is 0 Å². The molecular weight excluding hydrogens is 444 g/mol. The van der Waals surface area contributed by atoms with E-state index in [9.17, 15) is 13.2 Å². The first-order valence-electron chi connectivity index (χ1n) is 10.2. The van der Waals surface area contributed by atoms with Crippen molar-refractivity contribution in [2.45, 2.75) is 36.3 Å². The Morgan fingerprint density at radius 1 is 1.09 bits per heavy atom. The zero-order valence-corrected chi connectivity index (χ0v) is 19.6. The molecule has 0 aliphatic rings. The molecule has 2 aromatic carbocycles. The van der Waals surface area contributed by atoms with Crippen LogP contribution in [0.3, 0.4) is 0 Å². The van der Waals surface area contributed by atoms with Crippen molar-refractivity contribution in [2.75, 3.05) is 7.11 Å². The molecule has 2 heterocycles. The van der Waals surface area contributed by atoms with Crippen molar-refractivity contribution in [3.05, 3.63) is 76.8 Å². The topological polar surface area (TPSA) is 78.3 Å². The molecule has 0 bridgehead atoms. The van der Waals surface area contributed by atoms with Gasteiger partial charge in [-0.3, -0.25) is 4.68 Å². The van der Waals surface area contributed by atoms with Crippen LogP contribution in [0.2, 0.25) is 0 Å². The van der Waals surface area contributed by atoms with Crippen molar-refractivity contribution in [1.29, 1.82) is 0 Å². The van der Waals surface area contributed by atoms with Gasteiger partial charge in [0.25, 0.3) is 0 Å². The molecule has 8 heteroatoms. The Kier molecular flexibility index (Phi) is 6.43. The summed E-state index contributed by atoms with van der Waals surface area (Å²) in [6.07, 6.45) is 1.21. The minimum absolute atomic E-state index is 0.164. The maximum absolute atomic E-state index is 12.9. The lowest BCUT2D eigenvalue weighted by molar-refractivity contribution is -0.116. The van der Waals surface area contributed by atoms with Crippen molar-refractivity contribution >= 4 is 37.9 Å². The van der Waals surface area contributed by atoms with Crippen molar-refractivity contribution in [2.24, 2.45) is 0 Å². The van der Waals surface area contributed by atoms with Gasteiger partial charge in [-0.25, -0.2) is 8.42 Å². The Labute approximate surface area is 191 Å². The molecular formula is C24H24N2O4S2. The van der Waals surface area contributed by atoms with Crippen molar-refractivity contribution in [3.8, 4) is 5.75 Å². The van der Waals surface area contributed by atoms with Crippen LogP contribution in [0.4, 0.5) is 0 Å². The summed E-state index contributed by atoms with van der Waals surface area (Å²) in [6, 6.07) is 17.0. The van der Waals surface area contributed by atoms with Gasteiger partial charge in [0.15, 0.2) is 9.84 Å². The number of sulfone groups is 1. The lowest BCUT2D eigenvalue weighted by Crippen LogP contribution is -2.06. The van der Waals surface area contributed by atoms with E-state index in [-0.39, 0.29) is 11.5 Å². The predicted octanol–water partition coefficient (Wildman–Crippen LogP) is 4.65. The number of hydrogen-bond acceptors (Lipinski definition) is 6. The summed E-state index contributed by atoms with van der Waals surface area (Å²) in [7, 11) is -1.94. The van der Waals surface area contributed by atoms with E-state index >= 15 is 0 Å². The highest BCUT2D eigenvalue weighted by atomic mass is 32.2. The van der Waals surface area contributed by atoms with Crippen LogP contribution in [0.15, 0.2) is 64.2 Å². The fourth-order valence-electron chi connectivity index (χ4n) is 3.73. The Balaban J connectivity index is 1.72. The van der Waals surface area contributed by atoms with Crippen LogP contribution in [0.5, 0.6) is 5.75 Å². The van der Waals surface area contributed by atoms with Gasteiger partial charge in [0.1, 0.15) is 21.5 Å². The number of fused-ring (bicyclic) bond motifs is 1. The van der Waals surface area contributed by atoms with Gasteiger partial charge in [-0.1, -0.05) is 36.4 Å². The first kappa shape index (κ1) is 22.2. The van der Waals surface area contributed by atoms with Gasteiger partial charge >= 0.3 is 0 Å². The standard InChI is InChI=1S/C24H24N2O4S2/c1-17(27)11-12-18-6-3-7-19(14-18)15-26-21-8-4-9-22(30-2)24(21)20(25-26)16-32(28,29)23-10-5-13-31-23/h3-10,13-14H,11-12,15-16H2,1-2H3. The summed E-state index contributed by atoms with van der Waals surface area (Å²) in [5, 5.41) is 7.16. The SMILES string of the molecule is COc1cccc2c1c(CS(=O)(=O)c1cccs1)nn2Cc1cccc(CCC(C)=O)c1. The van der Waals surface area contributed by atoms with Gasteiger partial charge in [-0.2, -0.15) is 5.10 Å². The molecule has 0 saturated carbocycles. The maximum Gasteiger partial charge on any atom is 0.193 e. The molecule has 0 fully saturated rings. The third-order valence-corrected chi connectivity index (χ3v) is 8.36. The van der Waals surface area contributed by atoms with Gasteiger partial charge in [-0.05, 0) is 48.1 Å². The van der Waals surface area contributed by atoms with E-state index in [2.05, 4.69) is 6.07 Å². The number of aromatic nitrogens is 2. The number of hydrogen-bond donors (Lipinski definition) is 0. The number of benzene rings is 2. The molecule has 0 aliphatic heterocycles. The third-order valence-electron chi connectivity index (χ3n) is 5.25. The number of rotatable bonds is 9. The molecule has 0 amide bonds. The monoisotopic (exact) mass is 468 g/mol. The lowest BCUT2D eigenvalue weighted by Gasteiger charge is -2.07. The van der Waals surface area contributed by atoms with Gasteiger partial charge < -0.3 is 9.53 Å². The van der Waals surface area contributed by atoms with Crippen LogP contribution < -0.4 is 4.74 Å². The van der Waals surface area contributed by atoms with Crippen molar-refractivity contribution in [1.82, 2.24) is 9.78 Å². The van der Waals surface area contributed by atoms with Crippen LogP contribution in [-0.2, 0) is 33.4 Å². The zero-order valence-electron chi connectivity index (χ0n) is 17.9. The second kappa shape index (κ2) is 9.26. The van der Waals surface area contributed by atoms with Crippen LogP contribution in [-0.4, -0.2) is 31.1 Å². The number of aryl methyl sites for hydroxylation is 1. The van der Waals surface area contributed by atoms with Gasteiger partial charge in [0, 0.05) is 6.42 Å². The Morgan fingerprint density at radius 2 is 1.88 bits per heavy atom. The van der Waals surface area contributed by atoms with E-state index < -0.39 is 9.84 Å². The molecule has 0 unspecified atom stereocenters. The second-order valence-electron chi connectivity index (χ2n) is 7.67. The van der Waals surface area contributed by atoms with E-state index in [1.807, 2.05) is 41.1 Å². The lowest BCUT2D eigenvalue weighted by atomic mass is 10.1. The number of ketones is 1. The van der Waals surface area contributed by atoms with Gasteiger partial charge in [0.05, 0.1) is 30.3 Å². The third kappa shape index (κ3) is 4.76. The molecule has 4 aromatic rings. The molecule has 0 radical (unpaired) electrons. The summed E-state index contributed by atoms with van der Waals surface area (Å²) in [6.45, 7) is 2.08. The summed E-state index contributed by atoms with van der Waals surface area (Å²) in [4.78, 5) is 11.3. The molecule has 0 aliphatic carbocycles. The maximum atomic E-state index is 12.9. The van der Waals surface area contributed by atoms with Crippen molar-refractivity contribution < 1.29 is 17.9 Å². The summed E-state index contributed by atoms with van der Waals surface area (Å²) >= 11 is 1.20. The van der Waals surface area contributed by atoms with Crippen molar-refractivity contribution in [3.63, 3.8) is 0 Å². The van der Waals surface area contributed by atoms with E-state index in [1.165, 1.54) is 11.3 Å². The van der Waals surface area contributed by atoms with E-state index in [1.54, 1.807) is 31.5 Å². The minimum Gasteiger partial charge on any atom is -0.496 e. The molecule has 0 N–H and O–H groups in total. The van der Waals surface area contributed by atoms with Crippen LogP contribution >= 0.6 is 11.3 Å². The number of nitrogens with zero attached hydrogens (tertiary/aromatic N) is 2. The summed E-state index contributed by atoms with van der Waals surface area (Å²) in [5.74, 6) is 0.563. The van der Waals surface area contributed by atoms with Crippen LogP contribution in [0, 0.1) is 0 Å². The smallest absolute Gasteiger partial charge is 0.193 e. The molecule has 6 nitrogen and oxygen atoms in total. The number of thiophene rings is 1. The molecule has 2 aromatic heterocycles. The van der Waals surface area contributed by atoms with E-state index in [0.717, 1.165) is 16.6 Å². The Hall–Kier alpha value is -2.97. The first-order valence-corrected chi connectivity index (χ1v) is 12.8. The van der Waals surface area contributed by atoms with Crippen LogP contribution in [0.25, 0.3) is 10.9 Å². The second-order valence-corrected chi connectivity index (χ2v) is 10.8. The highest BCUT2D eigenvalue weighted by molar-refractivity contribution is 7.92. The highest BCUT2D eigenvalue weighted by Gasteiger charge is 2.23. The predicted molar refractivity (Wildman–Crippen MR) is 126 cm³/mol. The van der Waals surface area contributed by atoms with Gasteiger partial charge in [-0.15, -0.1) is 11.3 Å². The normalized spacial score (nSPS) is 11.7. The molecule has 4 rings (SSSR count). The van der Waals surface area contributed by atoms with Crippen LogP contribution in [0.1, 0.15) is 30.2 Å². The van der Waals surface area contributed by atoms with E-state index in [4.69, 9.17) is 9.84 Å². The average Bonchev–Trinajstić information content (AvgIpc) is 3.42. The molecule has 0 atom stereocenters. The molecule has 166 valence electrons. The van der Waals surface area contributed by atoms with E-state index in [0.29, 0.717) is 40.4 Å². The quantitative estimate of drug-likeness (QED) is 0.357. The zero-order chi connectivity index (χ0) is 22.7. The first-order chi connectivity index (χ1) is 15.4. The minimum atomic E-state index is -3.51. The largest absolute Gasteiger partial charge is 0.496 e. The molecule has 32 heavy (non-hydrogen) atoms. The Bertz CT molecular complexity index is 1360. The fourth-order valence-corrected chi connectivity index (χ4v) is 6.10. The number of carbonyl (C=O) groups excluding carboxylic acids is 1. The fraction of sp³-hybridized carbons (Fsp3) is 0.250. The summed E-state index contributed by atoms with van der Waals surface area (Å²) in [5.41, 5.74) is 3.41. The highest BCUT2D eigenvalue weighted by Crippen LogP contribution is 2.32. The molecule has 0 saturated heterocycles. The molecule has 0 spiro atoms. The summed E-state index contributed by atoms with van der Waals surface area (Å²) < 4.78 is 33.6. The Morgan fingerprint density at radius 3 is 2.59 bits per heavy atom. The number of carbonyl (C=O) groups is 1. The number of Topliss-reactive ketones (excluding diaryl/α,β-unsaturated/α-hetero) is 1.